The molecule has 1 atom stereocenters. The molecule has 1 unspecified atom stereocenters. The zero-order chi connectivity index (χ0) is 23.8. The van der Waals surface area contributed by atoms with Crippen molar-refractivity contribution in [2.45, 2.75) is 45.3 Å². The molecule has 4 nitrogen and oxygen atoms in total. The number of amides is 2. The minimum Gasteiger partial charge on any atom is -0.352 e. The van der Waals surface area contributed by atoms with Gasteiger partial charge in [0.05, 0.1) is 6.42 Å². The van der Waals surface area contributed by atoms with Gasteiger partial charge in [0.25, 0.3) is 0 Å². The number of hydrogen-bond donors (Lipinski definition) is 1. The molecule has 172 valence electrons. The zero-order valence-electron chi connectivity index (χ0n) is 18.8. The second-order valence-electron chi connectivity index (χ2n) is 8.25. The van der Waals surface area contributed by atoms with E-state index in [0.29, 0.717) is 22.6 Å². The molecule has 0 aromatic heterocycles. The van der Waals surface area contributed by atoms with Crippen LogP contribution in [0.4, 0.5) is 4.39 Å². The average molecular weight is 467 g/mol. The average Bonchev–Trinajstić information content (AvgIpc) is 2.79. The number of benzene rings is 3. The molecule has 0 spiro atoms. The lowest BCUT2D eigenvalue weighted by atomic mass is 10.0. The Morgan fingerprint density at radius 2 is 1.52 bits per heavy atom. The van der Waals surface area contributed by atoms with Crippen LogP contribution in [0, 0.1) is 5.82 Å². The highest BCUT2D eigenvalue weighted by Gasteiger charge is 2.31. The Balaban J connectivity index is 1.99. The molecule has 0 bridgehead atoms. The van der Waals surface area contributed by atoms with Crippen LogP contribution in [0.3, 0.4) is 0 Å². The SMILES string of the molecule is CC(C)NC(=O)C(Cc1ccccc1)N(Cc1ccccc1F)C(=O)Cc1ccccc1Cl. The van der Waals surface area contributed by atoms with Gasteiger partial charge < -0.3 is 10.2 Å². The first-order valence-corrected chi connectivity index (χ1v) is 11.3. The predicted octanol–water partition coefficient (Wildman–Crippen LogP) is 5.19. The van der Waals surface area contributed by atoms with Crippen LogP contribution >= 0.6 is 11.6 Å². The molecule has 0 aliphatic carbocycles. The van der Waals surface area contributed by atoms with Crippen molar-refractivity contribution in [3.05, 3.63) is 106 Å². The maximum Gasteiger partial charge on any atom is 0.243 e. The Bertz CT molecular complexity index is 1090. The summed E-state index contributed by atoms with van der Waals surface area (Å²) in [5.74, 6) is -1.00. The first-order valence-electron chi connectivity index (χ1n) is 11.0. The van der Waals surface area contributed by atoms with Crippen molar-refractivity contribution < 1.29 is 14.0 Å². The van der Waals surface area contributed by atoms with Gasteiger partial charge in [-0.15, -0.1) is 0 Å². The van der Waals surface area contributed by atoms with E-state index in [4.69, 9.17) is 11.6 Å². The molecular formula is C27H28ClFN2O2. The molecule has 0 saturated heterocycles. The van der Waals surface area contributed by atoms with Gasteiger partial charge in [0, 0.05) is 29.6 Å². The third-order valence-corrected chi connectivity index (χ3v) is 5.67. The van der Waals surface area contributed by atoms with Crippen LogP contribution in [0.1, 0.15) is 30.5 Å². The number of nitrogens with zero attached hydrogens (tertiary/aromatic N) is 1. The lowest BCUT2D eigenvalue weighted by Gasteiger charge is -2.32. The summed E-state index contributed by atoms with van der Waals surface area (Å²) in [5.41, 5.74) is 1.91. The molecule has 0 heterocycles. The number of carbonyl (C=O) groups excluding carboxylic acids is 2. The number of carbonyl (C=O) groups is 2. The van der Waals surface area contributed by atoms with E-state index >= 15 is 0 Å². The molecule has 0 fully saturated rings. The van der Waals surface area contributed by atoms with Crippen molar-refractivity contribution >= 4 is 23.4 Å². The first-order chi connectivity index (χ1) is 15.8. The summed E-state index contributed by atoms with van der Waals surface area (Å²) in [6.07, 6.45) is 0.316. The van der Waals surface area contributed by atoms with Crippen molar-refractivity contribution in [1.82, 2.24) is 10.2 Å². The van der Waals surface area contributed by atoms with Crippen molar-refractivity contribution in [2.75, 3.05) is 0 Å². The van der Waals surface area contributed by atoms with Gasteiger partial charge in [-0.1, -0.05) is 78.3 Å². The summed E-state index contributed by atoms with van der Waals surface area (Å²) in [5, 5.41) is 3.40. The first kappa shape index (κ1) is 24.5. The van der Waals surface area contributed by atoms with E-state index in [1.807, 2.05) is 50.2 Å². The molecule has 6 heteroatoms. The van der Waals surface area contributed by atoms with Crippen LogP contribution in [0.2, 0.25) is 5.02 Å². The molecular weight excluding hydrogens is 439 g/mol. The van der Waals surface area contributed by atoms with Crippen LogP contribution in [0.15, 0.2) is 78.9 Å². The van der Waals surface area contributed by atoms with E-state index in [1.165, 1.54) is 11.0 Å². The lowest BCUT2D eigenvalue weighted by Crippen LogP contribution is -2.52. The Morgan fingerprint density at radius 3 is 2.15 bits per heavy atom. The molecule has 0 saturated carbocycles. The van der Waals surface area contributed by atoms with Crippen LogP contribution in [0.25, 0.3) is 0 Å². The topological polar surface area (TPSA) is 49.4 Å². The summed E-state index contributed by atoms with van der Waals surface area (Å²) >= 11 is 6.29. The third-order valence-electron chi connectivity index (χ3n) is 5.30. The molecule has 3 aromatic rings. The fourth-order valence-electron chi connectivity index (χ4n) is 3.65. The van der Waals surface area contributed by atoms with Crippen molar-refractivity contribution in [3.8, 4) is 0 Å². The highest BCUT2D eigenvalue weighted by atomic mass is 35.5. The van der Waals surface area contributed by atoms with Crippen LogP contribution in [0.5, 0.6) is 0 Å². The van der Waals surface area contributed by atoms with Gasteiger partial charge in [-0.3, -0.25) is 9.59 Å². The highest BCUT2D eigenvalue weighted by Crippen LogP contribution is 2.21. The van der Waals surface area contributed by atoms with E-state index in [9.17, 15) is 14.0 Å². The van der Waals surface area contributed by atoms with Gasteiger partial charge in [-0.2, -0.15) is 0 Å². The normalized spacial score (nSPS) is 11.8. The fourth-order valence-corrected chi connectivity index (χ4v) is 3.85. The van der Waals surface area contributed by atoms with Gasteiger partial charge in [-0.25, -0.2) is 4.39 Å². The number of nitrogens with one attached hydrogen (secondary N) is 1. The van der Waals surface area contributed by atoms with Crippen molar-refractivity contribution in [1.29, 1.82) is 0 Å². The molecule has 0 aliphatic heterocycles. The maximum absolute atomic E-state index is 14.5. The standard InChI is InChI=1S/C27H28ClFN2O2/c1-19(2)30-27(33)25(16-20-10-4-3-5-11-20)31(18-22-13-7-9-15-24(22)29)26(32)17-21-12-6-8-14-23(21)28/h3-15,19,25H,16-18H2,1-2H3,(H,30,33). The summed E-state index contributed by atoms with van der Waals surface area (Å²) < 4.78 is 14.5. The van der Waals surface area contributed by atoms with E-state index in [2.05, 4.69) is 5.32 Å². The quantitative estimate of drug-likeness (QED) is 0.472. The number of rotatable bonds is 9. The van der Waals surface area contributed by atoms with Gasteiger partial charge in [-0.05, 0) is 37.1 Å². The van der Waals surface area contributed by atoms with E-state index in [1.54, 1.807) is 36.4 Å². The largest absolute Gasteiger partial charge is 0.352 e. The van der Waals surface area contributed by atoms with Crippen molar-refractivity contribution in [2.24, 2.45) is 0 Å². The van der Waals surface area contributed by atoms with Crippen LogP contribution < -0.4 is 5.32 Å². The fraction of sp³-hybridized carbons (Fsp3) is 0.259. The van der Waals surface area contributed by atoms with Crippen LogP contribution in [-0.4, -0.2) is 28.8 Å². The Hall–Kier alpha value is -3.18. The molecule has 3 rings (SSSR count). The Kier molecular flexibility index (Phi) is 8.61. The van der Waals surface area contributed by atoms with E-state index in [-0.39, 0.29) is 30.8 Å². The molecule has 33 heavy (non-hydrogen) atoms. The summed E-state index contributed by atoms with van der Waals surface area (Å²) in [6, 6.07) is 22.0. The van der Waals surface area contributed by atoms with Gasteiger partial charge >= 0.3 is 0 Å². The summed E-state index contributed by atoms with van der Waals surface area (Å²) in [6.45, 7) is 3.70. The van der Waals surface area contributed by atoms with Gasteiger partial charge in [0.1, 0.15) is 11.9 Å². The Morgan fingerprint density at radius 1 is 0.909 bits per heavy atom. The van der Waals surface area contributed by atoms with Gasteiger partial charge in [0.15, 0.2) is 0 Å². The second-order valence-corrected chi connectivity index (χ2v) is 8.66. The van der Waals surface area contributed by atoms with Crippen LogP contribution in [-0.2, 0) is 29.0 Å². The predicted molar refractivity (Wildman–Crippen MR) is 129 cm³/mol. The molecule has 1 N–H and O–H groups in total. The second kappa shape index (κ2) is 11.6. The molecule has 3 aromatic carbocycles. The summed E-state index contributed by atoms with van der Waals surface area (Å²) in [7, 11) is 0. The molecule has 0 radical (unpaired) electrons. The number of hydrogen-bond acceptors (Lipinski definition) is 2. The number of halogens is 2. The van der Waals surface area contributed by atoms with E-state index in [0.717, 1.165) is 5.56 Å². The van der Waals surface area contributed by atoms with Gasteiger partial charge in [0.2, 0.25) is 11.8 Å². The maximum atomic E-state index is 14.5. The van der Waals surface area contributed by atoms with Crippen molar-refractivity contribution in [3.63, 3.8) is 0 Å². The smallest absolute Gasteiger partial charge is 0.243 e. The minimum absolute atomic E-state index is 0.00831. The Labute approximate surface area is 199 Å². The zero-order valence-corrected chi connectivity index (χ0v) is 19.6. The summed E-state index contributed by atoms with van der Waals surface area (Å²) in [4.78, 5) is 28.3. The molecule has 2 amide bonds. The highest BCUT2D eigenvalue weighted by molar-refractivity contribution is 6.31. The monoisotopic (exact) mass is 466 g/mol. The lowest BCUT2D eigenvalue weighted by molar-refractivity contribution is -0.141. The third kappa shape index (κ3) is 6.90. The van der Waals surface area contributed by atoms with E-state index < -0.39 is 11.9 Å². The molecule has 0 aliphatic rings. The minimum atomic E-state index is -0.815.